The van der Waals surface area contributed by atoms with Crippen LogP contribution in [0, 0.1) is 0 Å². The number of hydrogen-bond donors (Lipinski definition) is 3. The third kappa shape index (κ3) is 8.80. The third-order valence-electron chi connectivity index (χ3n) is 8.28. The van der Waals surface area contributed by atoms with E-state index in [2.05, 4.69) is 4.58 Å². The summed E-state index contributed by atoms with van der Waals surface area (Å²) in [6.07, 6.45) is 7.64. The zero-order chi connectivity index (χ0) is 36.1. The lowest BCUT2D eigenvalue weighted by Gasteiger charge is -2.24. The molecule has 13 heteroatoms. The minimum Gasteiger partial charge on any atom is -0.367 e. The Morgan fingerprint density at radius 1 is 0.760 bits per heavy atom. The topological polar surface area (TPSA) is 152 Å². The summed E-state index contributed by atoms with van der Waals surface area (Å²) in [6, 6.07) is 26.8. The van der Waals surface area contributed by atoms with Crippen LogP contribution in [0.4, 0.5) is 5.69 Å². The fraction of sp³-hybridized carbons (Fsp3) is 0.162. The second-order valence-corrected chi connectivity index (χ2v) is 15.3. The average molecular weight is 734 g/mol. The molecule has 50 heavy (non-hydrogen) atoms. The molecule has 0 heterocycles. The number of hydrogen-bond acceptors (Lipinski definition) is 6. The standard InChI is InChI=1S/C37H36N2O8S3/c1-3-38(25-27-9-7-11-33(23-27)48(40)41)31-19-15-29(16-20-31)37(35-13-5-6-14-36(35)50(45,46)47)30-17-21-32(22-18-30)39(4-2)26-28-10-8-12-34(24-28)49(42,43)44/h5-24H,3-4,25-26H2,1-2H3,(H2-,40,41,42,43,44,45,46,47)/p+1. The molecule has 4 aromatic rings. The zero-order valence-corrected chi connectivity index (χ0v) is 29.8. The fourth-order valence-corrected chi connectivity index (χ4v) is 7.52. The van der Waals surface area contributed by atoms with E-state index in [1.807, 2.05) is 73.4 Å². The Balaban J connectivity index is 1.54. The van der Waals surface area contributed by atoms with E-state index in [9.17, 15) is 34.7 Å². The Morgan fingerprint density at radius 2 is 1.42 bits per heavy atom. The van der Waals surface area contributed by atoms with Gasteiger partial charge in [0.25, 0.3) is 20.2 Å². The lowest BCUT2D eigenvalue weighted by Crippen LogP contribution is -2.22. The fourth-order valence-electron chi connectivity index (χ4n) is 5.82. The molecule has 0 saturated carbocycles. The molecule has 0 spiro atoms. The summed E-state index contributed by atoms with van der Waals surface area (Å²) < 4.78 is 91.3. The first-order valence-corrected chi connectivity index (χ1v) is 19.7. The maximum absolute atomic E-state index is 12.5. The smallest absolute Gasteiger partial charge is 0.295 e. The normalized spacial score (nSPS) is 13.7. The predicted octanol–water partition coefficient (Wildman–Crippen LogP) is 6.39. The van der Waals surface area contributed by atoms with Crippen molar-refractivity contribution in [2.24, 2.45) is 0 Å². The monoisotopic (exact) mass is 733 g/mol. The van der Waals surface area contributed by atoms with Crippen molar-refractivity contribution in [2.75, 3.05) is 18.0 Å². The summed E-state index contributed by atoms with van der Waals surface area (Å²) >= 11 is -2.09. The summed E-state index contributed by atoms with van der Waals surface area (Å²) in [5.41, 5.74) is 5.60. The van der Waals surface area contributed by atoms with Gasteiger partial charge in [-0.25, -0.2) is 8.78 Å². The van der Waals surface area contributed by atoms with Gasteiger partial charge in [-0.3, -0.25) is 9.11 Å². The number of benzene rings is 4. The largest absolute Gasteiger partial charge is 0.367 e. The van der Waals surface area contributed by atoms with Gasteiger partial charge < -0.3 is 9.45 Å². The highest BCUT2D eigenvalue weighted by atomic mass is 32.2. The van der Waals surface area contributed by atoms with Gasteiger partial charge in [-0.05, 0) is 90.7 Å². The van der Waals surface area contributed by atoms with E-state index in [0.29, 0.717) is 58.9 Å². The molecule has 4 aromatic carbocycles. The Labute approximate surface area is 295 Å². The van der Waals surface area contributed by atoms with Crippen LogP contribution in [-0.2, 0) is 44.4 Å². The molecule has 1 aliphatic carbocycles. The van der Waals surface area contributed by atoms with E-state index < -0.39 is 31.3 Å². The number of nitrogens with zero attached hydrogens (tertiary/aromatic N) is 2. The maximum Gasteiger partial charge on any atom is 0.295 e. The molecular weight excluding hydrogens is 697 g/mol. The maximum atomic E-state index is 12.5. The van der Waals surface area contributed by atoms with Gasteiger partial charge in [0.15, 0.2) is 23.3 Å². The number of rotatable bonds is 12. The molecule has 5 rings (SSSR count). The van der Waals surface area contributed by atoms with Crippen molar-refractivity contribution in [2.45, 2.75) is 41.6 Å². The van der Waals surface area contributed by atoms with Gasteiger partial charge in [-0.2, -0.15) is 16.8 Å². The van der Waals surface area contributed by atoms with Crippen LogP contribution in [0.1, 0.15) is 36.1 Å². The molecule has 0 bridgehead atoms. The Hall–Kier alpha value is -4.50. The van der Waals surface area contributed by atoms with E-state index >= 15 is 0 Å². The predicted molar refractivity (Wildman–Crippen MR) is 195 cm³/mol. The third-order valence-corrected chi connectivity index (χ3v) is 10.7. The van der Waals surface area contributed by atoms with E-state index in [-0.39, 0.29) is 9.79 Å². The molecule has 0 fully saturated rings. The van der Waals surface area contributed by atoms with Gasteiger partial charge in [-0.15, -0.1) is 0 Å². The molecule has 0 saturated heterocycles. The molecule has 0 aliphatic heterocycles. The van der Waals surface area contributed by atoms with Crippen LogP contribution < -0.4 is 4.90 Å². The summed E-state index contributed by atoms with van der Waals surface area (Å²) in [6.45, 7) is 6.09. The van der Waals surface area contributed by atoms with Crippen molar-refractivity contribution in [3.05, 3.63) is 149 Å². The Morgan fingerprint density at radius 3 is 2.04 bits per heavy atom. The molecule has 0 amide bonds. The van der Waals surface area contributed by atoms with Crippen LogP contribution in [0.5, 0.6) is 0 Å². The van der Waals surface area contributed by atoms with Crippen LogP contribution in [0.25, 0.3) is 5.57 Å². The highest BCUT2D eigenvalue weighted by molar-refractivity contribution is 7.86. The number of anilines is 1. The molecule has 1 aliphatic rings. The quantitative estimate of drug-likeness (QED) is 0.0855. The molecule has 10 nitrogen and oxygen atoms in total. The Kier molecular flexibility index (Phi) is 11.5. The minimum absolute atomic E-state index is 0.181. The van der Waals surface area contributed by atoms with Crippen molar-refractivity contribution in [3.8, 4) is 0 Å². The Bertz CT molecular complexity index is 2260. The summed E-state index contributed by atoms with van der Waals surface area (Å²) in [5, 5.41) is 0. The zero-order valence-electron chi connectivity index (χ0n) is 27.4. The van der Waals surface area contributed by atoms with Crippen LogP contribution in [0.15, 0.2) is 142 Å². The van der Waals surface area contributed by atoms with Gasteiger partial charge in [0.2, 0.25) is 0 Å². The van der Waals surface area contributed by atoms with E-state index in [1.54, 1.807) is 48.5 Å². The van der Waals surface area contributed by atoms with Crippen molar-refractivity contribution < 1.29 is 39.3 Å². The summed E-state index contributed by atoms with van der Waals surface area (Å²) in [4.78, 5) is 1.94. The average Bonchev–Trinajstić information content (AvgIpc) is 3.10. The molecule has 1 unspecified atom stereocenters. The molecule has 260 valence electrons. The van der Waals surface area contributed by atoms with Crippen LogP contribution in [-0.4, -0.2) is 58.1 Å². The van der Waals surface area contributed by atoms with Gasteiger partial charge >= 0.3 is 0 Å². The highest BCUT2D eigenvalue weighted by Gasteiger charge is 2.22. The number of allylic oxidation sites excluding steroid dienone is 5. The summed E-state index contributed by atoms with van der Waals surface area (Å²) in [5.74, 6) is 0. The second-order valence-electron chi connectivity index (χ2n) is 11.5. The first-order valence-electron chi connectivity index (χ1n) is 15.7. The van der Waals surface area contributed by atoms with E-state index in [4.69, 9.17) is 0 Å². The molecule has 1 atom stereocenters. The van der Waals surface area contributed by atoms with Crippen LogP contribution >= 0.6 is 0 Å². The van der Waals surface area contributed by atoms with Crippen molar-refractivity contribution in [1.29, 1.82) is 0 Å². The molecular formula is C37H37N2O8S3+. The SMILES string of the molecule is CCN(Cc1cccc(S(=O)(=O)O)c1)c1ccc(C(=C2C=CC(=[N+](CC)Cc3cccc(S(=O)O)c3)C=C2)c2ccccc2S(=O)(=O)O)cc1. The van der Waals surface area contributed by atoms with E-state index in [0.717, 1.165) is 17.0 Å². The van der Waals surface area contributed by atoms with Crippen molar-refractivity contribution in [1.82, 2.24) is 0 Å². The summed E-state index contributed by atoms with van der Waals surface area (Å²) in [7, 11) is -8.92. The van der Waals surface area contributed by atoms with Gasteiger partial charge in [0.1, 0.15) is 11.4 Å². The molecule has 0 radical (unpaired) electrons. The molecule has 3 N–H and O–H groups in total. The van der Waals surface area contributed by atoms with Gasteiger partial charge in [-0.1, -0.05) is 54.6 Å². The highest BCUT2D eigenvalue weighted by Crippen LogP contribution is 2.35. The first-order chi connectivity index (χ1) is 23.8. The van der Waals surface area contributed by atoms with Crippen molar-refractivity contribution >= 4 is 48.3 Å². The lowest BCUT2D eigenvalue weighted by molar-refractivity contribution is -0.539. The van der Waals surface area contributed by atoms with Crippen molar-refractivity contribution in [3.63, 3.8) is 0 Å². The molecule has 0 aromatic heterocycles. The van der Waals surface area contributed by atoms with E-state index in [1.165, 1.54) is 18.2 Å². The lowest BCUT2D eigenvalue weighted by atomic mass is 9.90. The first kappa shape index (κ1) is 36.8. The van der Waals surface area contributed by atoms with Crippen LogP contribution in [0.3, 0.4) is 0 Å². The van der Waals surface area contributed by atoms with Gasteiger partial charge in [0, 0.05) is 42.1 Å². The minimum atomic E-state index is -4.58. The second kappa shape index (κ2) is 15.6. The van der Waals surface area contributed by atoms with Crippen LogP contribution in [0.2, 0.25) is 0 Å². The van der Waals surface area contributed by atoms with Gasteiger partial charge in [0.05, 0.1) is 9.79 Å².